The van der Waals surface area contributed by atoms with Gasteiger partial charge in [-0.3, -0.25) is 4.98 Å². The molecule has 6 nitrogen and oxygen atoms in total. The van der Waals surface area contributed by atoms with Gasteiger partial charge in [0.2, 0.25) is 5.89 Å². The molecule has 1 saturated carbocycles. The van der Waals surface area contributed by atoms with Crippen molar-refractivity contribution in [2.75, 3.05) is 5.32 Å². The molecule has 0 atom stereocenters. The molecule has 0 aliphatic heterocycles. The lowest BCUT2D eigenvalue weighted by molar-refractivity contribution is 0.437. The van der Waals surface area contributed by atoms with E-state index in [1.807, 2.05) is 23.6 Å². The van der Waals surface area contributed by atoms with Gasteiger partial charge in [0.05, 0.1) is 17.9 Å². The lowest BCUT2D eigenvalue weighted by Gasteiger charge is -2.03. The van der Waals surface area contributed by atoms with Gasteiger partial charge in [0.25, 0.3) is 0 Å². The molecule has 0 unspecified atom stereocenters. The smallest absolute Gasteiger partial charge is 0.315 e. The average Bonchev–Trinajstić information content (AvgIpc) is 3.36. The third-order valence-electron chi connectivity index (χ3n) is 4.26. The van der Waals surface area contributed by atoms with E-state index in [4.69, 9.17) is 4.42 Å². The van der Waals surface area contributed by atoms with Crippen molar-refractivity contribution in [3.8, 4) is 10.7 Å². The van der Waals surface area contributed by atoms with Crippen LogP contribution in [0.4, 0.5) is 6.01 Å². The summed E-state index contributed by atoms with van der Waals surface area (Å²) in [6, 6.07) is 6.29. The van der Waals surface area contributed by atoms with E-state index < -0.39 is 0 Å². The van der Waals surface area contributed by atoms with Gasteiger partial charge in [-0.1, -0.05) is 24.0 Å². The highest BCUT2D eigenvalue weighted by Crippen LogP contribution is 2.28. The highest BCUT2D eigenvalue weighted by atomic mass is 32.1. The molecule has 7 heteroatoms. The molecule has 0 radical (unpaired) electrons. The Hall–Kier alpha value is -2.28. The normalized spacial score (nSPS) is 15.0. The maximum atomic E-state index is 5.69. The van der Waals surface area contributed by atoms with Crippen molar-refractivity contribution in [3.05, 3.63) is 41.4 Å². The maximum absolute atomic E-state index is 5.69. The number of hydrogen-bond donors (Lipinski definition) is 1. The minimum atomic E-state index is 0.468. The second-order valence-corrected chi connectivity index (χ2v) is 6.93. The molecule has 1 N–H and O–H groups in total. The molecule has 4 rings (SSSR count). The van der Waals surface area contributed by atoms with Gasteiger partial charge in [0, 0.05) is 18.0 Å². The number of nitrogens with one attached hydrogen (secondary N) is 1. The number of pyridine rings is 1. The molecule has 124 valence electrons. The zero-order chi connectivity index (χ0) is 16.2. The first kappa shape index (κ1) is 15.3. The van der Waals surface area contributed by atoms with Crippen LogP contribution in [0.2, 0.25) is 0 Å². The van der Waals surface area contributed by atoms with Gasteiger partial charge < -0.3 is 9.73 Å². The number of aromatic nitrogens is 4. The van der Waals surface area contributed by atoms with Gasteiger partial charge >= 0.3 is 6.01 Å². The maximum Gasteiger partial charge on any atom is 0.315 e. The summed E-state index contributed by atoms with van der Waals surface area (Å²) >= 11 is 1.58. The van der Waals surface area contributed by atoms with Crippen molar-refractivity contribution in [2.24, 2.45) is 5.92 Å². The predicted molar refractivity (Wildman–Crippen MR) is 92.6 cm³/mol. The molecule has 3 aromatic heterocycles. The Morgan fingerprint density at radius 3 is 2.96 bits per heavy atom. The minimum absolute atomic E-state index is 0.468. The van der Waals surface area contributed by atoms with Gasteiger partial charge in [-0.05, 0) is 30.9 Å². The molecule has 3 aromatic rings. The van der Waals surface area contributed by atoms with E-state index in [0.29, 0.717) is 18.5 Å². The van der Waals surface area contributed by atoms with Gasteiger partial charge in [-0.15, -0.1) is 16.4 Å². The van der Waals surface area contributed by atoms with E-state index in [1.54, 1.807) is 17.5 Å². The summed E-state index contributed by atoms with van der Waals surface area (Å²) in [7, 11) is 0. The standard InChI is InChI=1S/C17H19N5OS/c1-2-6-12(5-1)9-15-21-22-17(23-15)19-10-13-11-24-16(20-13)14-7-3-4-8-18-14/h3-4,7-8,11-12H,1-2,5-6,9-10H2,(H,19,22). The van der Waals surface area contributed by atoms with Crippen molar-refractivity contribution in [2.45, 2.75) is 38.6 Å². The quantitative estimate of drug-likeness (QED) is 0.732. The first-order valence-corrected chi connectivity index (χ1v) is 9.17. The van der Waals surface area contributed by atoms with Gasteiger partial charge in [-0.25, -0.2) is 4.98 Å². The second-order valence-electron chi connectivity index (χ2n) is 6.07. The van der Waals surface area contributed by atoms with Crippen molar-refractivity contribution in [1.82, 2.24) is 20.2 Å². The Labute approximate surface area is 144 Å². The highest BCUT2D eigenvalue weighted by Gasteiger charge is 2.18. The van der Waals surface area contributed by atoms with Gasteiger partial charge in [-0.2, -0.15) is 0 Å². The molecule has 0 spiro atoms. The zero-order valence-electron chi connectivity index (χ0n) is 13.3. The van der Waals surface area contributed by atoms with Crippen molar-refractivity contribution < 1.29 is 4.42 Å². The lowest BCUT2D eigenvalue weighted by atomic mass is 10.0. The summed E-state index contributed by atoms with van der Waals surface area (Å²) in [5.74, 6) is 1.44. The Balaban J connectivity index is 1.34. The molecular weight excluding hydrogens is 322 g/mol. The zero-order valence-corrected chi connectivity index (χ0v) is 14.1. The van der Waals surface area contributed by atoms with Crippen LogP contribution < -0.4 is 5.32 Å². The fourth-order valence-electron chi connectivity index (χ4n) is 3.03. The van der Waals surface area contributed by atoms with E-state index in [-0.39, 0.29) is 0 Å². The summed E-state index contributed by atoms with van der Waals surface area (Å²) in [6.45, 7) is 0.564. The summed E-state index contributed by atoms with van der Waals surface area (Å²) in [6.07, 6.45) is 7.88. The van der Waals surface area contributed by atoms with E-state index in [9.17, 15) is 0 Å². The van der Waals surface area contributed by atoms with Crippen LogP contribution in [-0.4, -0.2) is 20.2 Å². The van der Waals surface area contributed by atoms with Crippen LogP contribution >= 0.6 is 11.3 Å². The van der Waals surface area contributed by atoms with E-state index in [2.05, 4.69) is 25.5 Å². The molecule has 1 fully saturated rings. The number of rotatable bonds is 6. The fourth-order valence-corrected chi connectivity index (χ4v) is 3.83. The Morgan fingerprint density at radius 1 is 1.21 bits per heavy atom. The Bertz CT molecular complexity index is 779. The van der Waals surface area contributed by atoms with Crippen LogP contribution in [0.1, 0.15) is 37.3 Å². The minimum Gasteiger partial charge on any atom is -0.408 e. The topological polar surface area (TPSA) is 76.7 Å². The third kappa shape index (κ3) is 3.62. The monoisotopic (exact) mass is 341 g/mol. The summed E-state index contributed by atoms with van der Waals surface area (Å²) in [4.78, 5) is 8.91. The molecule has 24 heavy (non-hydrogen) atoms. The van der Waals surface area contributed by atoms with Crippen LogP contribution in [0.15, 0.2) is 34.2 Å². The van der Waals surface area contributed by atoms with Crippen molar-refractivity contribution in [3.63, 3.8) is 0 Å². The molecule has 0 bridgehead atoms. The molecule has 3 heterocycles. The van der Waals surface area contributed by atoms with Crippen molar-refractivity contribution >= 4 is 17.4 Å². The molecule has 1 aliphatic carbocycles. The Kier molecular flexibility index (Phi) is 4.51. The molecule has 0 saturated heterocycles. The summed E-state index contributed by atoms with van der Waals surface area (Å²) in [5, 5.41) is 14.3. The lowest BCUT2D eigenvalue weighted by Crippen LogP contribution is -2.00. The molecule has 1 aliphatic rings. The molecule has 0 aromatic carbocycles. The number of hydrogen-bond acceptors (Lipinski definition) is 7. The predicted octanol–water partition coefficient (Wildman–Crippen LogP) is 3.93. The van der Waals surface area contributed by atoms with Crippen LogP contribution in [0.5, 0.6) is 0 Å². The molecule has 0 amide bonds. The van der Waals surface area contributed by atoms with Crippen LogP contribution in [0.3, 0.4) is 0 Å². The van der Waals surface area contributed by atoms with Crippen LogP contribution in [0, 0.1) is 5.92 Å². The number of nitrogens with zero attached hydrogens (tertiary/aromatic N) is 4. The first-order chi connectivity index (χ1) is 11.9. The average molecular weight is 341 g/mol. The summed E-state index contributed by atoms with van der Waals surface area (Å²) in [5.41, 5.74) is 1.83. The van der Waals surface area contributed by atoms with Crippen LogP contribution in [0.25, 0.3) is 10.7 Å². The molecular formula is C17H19N5OS. The van der Waals surface area contributed by atoms with Gasteiger partial charge in [0.1, 0.15) is 5.01 Å². The first-order valence-electron chi connectivity index (χ1n) is 8.29. The van der Waals surface area contributed by atoms with Crippen LogP contribution in [-0.2, 0) is 13.0 Å². The fraction of sp³-hybridized carbons (Fsp3) is 0.412. The third-order valence-corrected chi connectivity index (χ3v) is 5.17. The van der Waals surface area contributed by atoms with E-state index in [1.165, 1.54) is 25.7 Å². The van der Waals surface area contributed by atoms with E-state index >= 15 is 0 Å². The Morgan fingerprint density at radius 2 is 2.12 bits per heavy atom. The largest absolute Gasteiger partial charge is 0.408 e. The number of anilines is 1. The van der Waals surface area contributed by atoms with E-state index in [0.717, 1.165) is 28.7 Å². The van der Waals surface area contributed by atoms with Crippen molar-refractivity contribution in [1.29, 1.82) is 0 Å². The summed E-state index contributed by atoms with van der Waals surface area (Å²) < 4.78 is 5.69. The SMILES string of the molecule is c1ccc(-c2nc(CNc3nnc(CC4CCCC4)o3)cs2)nc1. The number of thiazole rings is 1. The second kappa shape index (κ2) is 7.09. The van der Waals surface area contributed by atoms with Gasteiger partial charge in [0.15, 0.2) is 0 Å². The highest BCUT2D eigenvalue weighted by molar-refractivity contribution is 7.13.